The van der Waals surface area contributed by atoms with Gasteiger partial charge in [-0.25, -0.2) is 8.78 Å². The predicted octanol–water partition coefficient (Wildman–Crippen LogP) is 4.14. The molecule has 0 aromatic heterocycles. The number of hydrogen-bond donors (Lipinski definition) is 0. The standard InChI is InChI=1S/C25H14F2O6/c26-14-9-13-18(10-15(14)27)31-23-12-6-2-4-8-17(12)33-25(30)21(23)19(13)20-22(28)11-5-1-3-7-16(11)32-24(20)29/h1-10,19-21,23H. The summed E-state index contributed by atoms with van der Waals surface area (Å²) in [4.78, 5) is 39.6. The fourth-order valence-corrected chi connectivity index (χ4v) is 4.91. The van der Waals surface area contributed by atoms with Crippen LogP contribution >= 0.6 is 0 Å². The smallest absolute Gasteiger partial charge is 0.322 e. The van der Waals surface area contributed by atoms with E-state index >= 15 is 0 Å². The molecule has 3 heterocycles. The third-order valence-electron chi connectivity index (χ3n) is 6.35. The lowest BCUT2D eigenvalue weighted by Crippen LogP contribution is -2.48. The largest absolute Gasteiger partial charge is 0.484 e. The van der Waals surface area contributed by atoms with Crippen LogP contribution in [0.15, 0.2) is 60.7 Å². The lowest BCUT2D eigenvalue weighted by atomic mass is 9.68. The van der Waals surface area contributed by atoms with Gasteiger partial charge in [0.15, 0.2) is 17.4 Å². The van der Waals surface area contributed by atoms with E-state index in [0.29, 0.717) is 5.56 Å². The van der Waals surface area contributed by atoms with Crippen molar-refractivity contribution in [3.8, 4) is 17.2 Å². The van der Waals surface area contributed by atoms with E-state index in [1.807, 2.05) is 0 Å². The zero-order chi connectivity index (χ0) is 22.9. The third-order valence-corrected chi connectivity index (χ3v) is 6.35. The SMILES string of the molecule is O=C1Oc2ccccc2C(=O)C1C1c2cc(F)c(F)cc2OC2c3ccccc3OC(=O)C21. The second-order valence-electron chi connectivity index (χ2n) is 8.11. The van der Waals surface area contributed by atoms with Crippen molar-refractivity contribution in [3.05, 3.63) is 89.0 Å². The molecular weight excluding hydrogens is 434 g/mol. The van der Waals surface area contributed by atoms with Gasteiger partial charge in [0, 0.05) is 23.1 Å². The Bertz CT molecular complexity index is 1370. The molecule has 0 bridgehead atoms. The molecule has 0 fully saturated rings. The van der Waals surface area contributed by atoms with Gasteiger partial charge in [-0.15, -0.1) is 0 Å². The van der Waals surface area contributed by atoms with E-state index in [1.54, 1.807) is 36.4 Å². The van der Waals surface area contributed by atoms with E-state index in [-0.39, 0.29) is 28.4 Å². The van der Waals surface area contributed by atoms with Crippen LogP contribution in [-0.4, -0.2) is 17.7 Å². The summed E-state index contributed by atoms with van der Waals surface area (Å²) in [6.07, 6.45) is -0.970. The monoisotopic (exact) mass is 448 g/mol. The number of carbonyl (C=O) groups excluding carboxylic acids is 3. The van der Waals surface area contributed by atoms with Crippen molar-refractivity contribution in [2.75, 3.05) is 0 Å². The molecule has 0 spiro atoms. The summed E-state index contributed by atoms with van der Waals surface area (Å²) in [6, 6.07) is 14.6. The summed E-state index contributed by atoms with van der Waals surface area (Å²) in [5.74, 6) is -8.05. The first-order chi connectivity index (χ1) is 15.9. The van der Waals surface area contributed by atoms with Gasteiger partial charge >= 0.3 is 11.9 Å². The second-order valence-corrected chi connectivity index (χ2v) is 8.11. The van der Waals surface area contributed by atoms with Crippen LogP contribution in [0.4, 0.5) is 8.78 Å². The van der Waals surface area contributed by atoms with E-state index in [0.717, 1.165) is 12.1 Å². The minimum absolute atomic E-state index is 0.0289. The Morgan fingerprint density at radius 2 is 1.33 bits per heavy atom. The van der Waals surface area contributed by atoms with Crippen LogP contribution in [0.1, 0.15) is 33.5 Å². The molecule has 0 saturated carbocycles. The molecule has 0 saturated heterocycles. The molecule has 164 valence electrons. The number of Topliss-reactive ketones (excluding diaryl/α,β-unsaturated/α-hetero) is 1. The lowest BCUT2D eigenvalue weighted by Gasteiger charge is -2.43. The molecule has 6 nitrogen and oxygen atoms in total. The van der Waals surface area contributed by atoms with E-state index in [9.17, 15) is 23.2 Å². The molecule has 0 aliphatic carbocycles. The summed E-state index contributed by atoms with van der Waals surface area (Å²) < 4.78 is 45.3. The van der Waals surface area contributed by atoms with Gasteiger partial charge in [0.1, 0.15) is 35.2 Å². The highest BCUT2D eigenvalue weighted by Crippen LogP contribution is 2.55. The van der Waals surface area contributed by atoms with Crippen molar-refractivity contribution < 1.29 is 37.4 Å². The fourth-order valence-electron chi connectivity index (χ4n) is 4.91. The van der Waals surface area contributed by atoms with Crippen LogP contribution in [0, 0.1) is 23.5 Å². The Balaban J connectivity index is 1.57. The second kappa shape index (κ2) is 6.96. The van der Waals surface area contributed by atoms with Crippen LogP contribution in [0.2, 0.25) is 0 Å². The number of benzene rings is 3. The molecular formula is C25H14F2O6. The predicted molar refractivity (Wildman–Crippen MR) is 108 cm³/mol. The van der Waals surface area contributed by atoms with Crippen LogP contribution in [-0.2, 0) is 9.59 Å². The number of ketones is 1. The minimum atomic E-state index is -1.47. The van der Waals surface area contributed by atoms with Crippen molar-refractivity contribution >= 4 is 17.7 Å². The lowest BCUT2D eigenvalue weighted by molar-refractivity contribution is -0.150. The fraction of sp³-hybridized carbons (Fsp3) is 0.160. The van der Waals surface area contributed by atoms with Gasteiger partial charge in [0.2, 0.25) is 0 Å². The van der Waals surface area contributed by atoms with Gasteiger partial charge in [-0.2, -0.15) is 0 Å². The number of esters is 2. The zero-order valence-corrected chi connectivity index (χ0v) is 16.8. The Kier molecular flexibility index (Phi) is 4.14. The molecule has 3 aromatic rings. The molecule has 0 amide bonds. The Morgan fingerprint density at radius 1 is 0.667 bits per heavy atom. The number of para-hydroxylation sites is 2. The van der Waals surface area contributed by atoms with Crippen molar-refractivity contribution in [2.45, 2.75) is 12.0 Å². The molecule has 4 unspecified atom stereocenters. The van der Waals surface area contributed by atoms with E-state index in [2.05, 4.69) is 0 Å². The third kappa shape index (κ3) is 2.80. The molecule has 0 N–H and O–H groups in total. The zero-order valence-electron chi connectivity index (χ0n) is 16.8. The van der Waals surface area contributed by atoms with Crippen LogP contribution in [0.3, 0.4) is 0 Å². The van der Waals surface area contributed by atoms with Crippen LogP contribution in [0.25, 0.3) is 0 Å². The topological polar surface area (TPSA) is 78.9 Å². The average Bonchev–Trinajstić information content (AvgIpc) is 2.80. The molecule has 8 heteroatoms. The molecule has 3 aromatic carbocycles. The summed E-state index contributed by atoms with van der Waals surface area (Å²) in [7, 11) is 0. The van der Waals surface area contributed by atoms with E-state index < -0.39 is 53.2 Å². The highest BCUT2D eigenvalue weighted by Gasteiger charge is 2.56. The number of hydrogen-bond acceptors (Lipinski definition) is 6. The molecule has 3 aliphatic heterocycles. The average molecular weight is 448 g/mol. The van der Waals surface area contributed by atoms with E-state index in [4.69, 9.17) is 14.2 Å². The maximum absolute atomic E-state index is 14.3. The Labute approximate surface area is 185 Å². The molecule has 3 aliphatic rings. The quantitative estimate of drug-likeness (QED) is 0.316. The van der Waals surface area contributed by atoms with Crippen molar-refractivity contribution in [1.29, 1.82) is 0 Å². The maximum Gasteiger partial charge on any atom is 0.322 e. The summed E-state index contributed by atoms with van der Waals surface area (Å²) >= 11 is 0. The van der Waals surface area contributed by atoms with E-state index in [1.165, 1.54) is 12.1 Å². The number of fused-ring (bicyclic) bond motifs is 5. The van der Waals surface area contributed by atoms with Crippen molar-refractivity contribution in [2.24, 2.45) is 11.8 Å². The molecule has 33 heavy (non-hydrogen) atoms. The highest BCUT2D eigenvalue weighted by atomic mass is 19.2. The van der Waals surface area contributed by atoms with Crippen LogP contribution < -0.4 is 14.2 Å². The number of carbonyl (C=O) groups is 3. The molecule has 6 rings (SSSR count). The summed E-state index contributed by atoms with van der Waals surface area (Å²) in [6.45, 7) is 0. The molecule has 4 atom stereocenters. The normalized spacial score (nSPS) is 25.0. The van der Waals surface area contributed by atoms with Gasteiger partial charge in [-0.1, -0.05) is 30.3 Å². The van der Waals surface area contributed by atoms with Gasteiger partial charge < -0.3 is 14.2 Å². The van der Waals surface area contributed by atoms with Gasteiger partial charge in [0.05, 0.1) is 5.56 Å². The number of halogens is 2. The molecule has 0 radical (unpaired) electrons. The summed E-state index contributed by atoms with van der Waals surface area (Å²) in [5.41, 5.74) is 0.694. The van der Waals surface area contributed by atoms with Crippen molar-refractivity contribution in [3.63, 3.8) is 0 Å². The van der Waals surface area contributed by atoms with Crippen LogP contribution in [0.5, 0.6) is 17.2 Å². The highest BCUT2D eigenvalue weighted by molar-refractivity contribution is 6.14. The first-order valence-electron chi connectivity index (χ1n) is 10.2. The number of ether oxygens (including phenoxy) is 3. The number of rotatable bonds is 1. The van der Waals surface area contributed by atoms with Gasteiger partial charge in [-0.3, -0.25) is 14.4 Å². The first-order valence-corrected chi connectivity index (χ1v) is 10.2. The Morgan fingerprint density at radius 3 is 2.15 bits per heavy atom. The Hall–Kier alpha value is -4.07. The maximum atomic E-state index is 14.3. The van der Waals surface area contributed by atoms with Gasteiger partial charge in [0.25, 0.3) is 0 Å². The minimum Gasteiger partial charge on any atom is -0.484 e. The first kappa shape index (κ1) is 19.6. The van der Waals surface area contributed by atoms with Crippen molar-refractivity contribution in [1.82, 2.24) is 0 Å². The van der Waals surface area contributed by atoms with Gasteiger partial charge in [-0.05, 0) is 24.3 Å². The summed E-state index contributed by atoms with van der Waals surface area (Å²) in [5, 5.41) is 0.